The molecule has 2 aliphatic rings. The monoisotopic (exact) mass is 744 g/mol. The Morgan fingerprint density at radius 1 is 0.926 bits per heavy atom. The number of hydrogen-bond acceptors (Lipinski definition) is 10. The molecule has 4 atom stereocenters. The lowest BCUT2D eigenvalue weighted by Gasteiger charge is -2.32. The second-order valence-corrected chi connectivity index (χ2v) is 16.9. The Bertz CT molecular complexity index is 1930. The average Bonchev–Trinajstić information content (AvgIpc) is 3.83. The van der Waals surface area contributed by atoms with Crippen LogP contribution in [0.1, 0.15) is 79.8 Å². The van der Waals surface area contributed by atoms with Gasteiger partial charge in [0.2, 0.25) is 0 Å². The maximum atomic E-state index is 13.9. The average molecular weight is 745 g/mol. The quantitative estimate of drug-likeness (QED) is 0.178. The Labute approximate surface area is 317 Å². The first-order chi connectivity index (χ1) is 25.4. The van der Waals surface area contributed by atoms with Gasteiger partial charge in [-0.1, -0.05) is 30.3 Å². The van der Waals surface area contributed by atoms with E-state index in [1.54, 1.807) is 20.7 Å². The fourth-order valence-corrected chi connectivity index (χ4v) is 7.50. The number of rotatable bonds is 11. The Morgan fingerprint density at radius 3 is 2.22 bits per heavy atom. The minimum atomic E-state index is -0.835. The van der Waals surface area contributed by atoms with E-state index in [0.29, 0.717) is 56.9 Å². The maximum Gasteiger partial charge on any atom is 0.410 e. The first-order valence-corrected chi connectivity index (χ1v) is 18.8. The highest BCUT2D eigenvalue weighted by Gasteiger charge is 2.55. The fourth-order valence-electron chi connectivity index (χ4n) is 7.50. The van der Waals surface area contributed by atoms with Gasteiger partial charge < -0.3 is 39.0 Å². The van der Waals surface area contributed by atoms with Crippen molar-refractivity contribution in [3.63, 3.8) is 0 Å². The third-order valence-electron chi connectivity index (χ3n) is 9.69. The Kier molecular flexibility index (Phi) is 11.0. The van der Waals surface area contributed by atoms with Crippen LogP contribution in [-0.4, -0.2) is 102 Å². The van der Waals surface area contributed by atoms with Gasteiger partial charge in [0.15, 0.2) is 5.79 Å². The number of anilines is 1. The Hall–Kier alpha value is -4.69. The summed E-state index contributed by atoms with van der Waals surface area (Å²) in [6, 6.07) is 9.88. The highest BCUT2D eigenvalue weighted by Crippen LogP contribution is 2.49. The van der Waals surface area contributed by atoms with E-state index in [-0.39, 0.29) is 30.3 Å². The predicted molar refractivity (Wildman–Crippen MR) is 205 cm³/mol. The van der Waals surface area contributed by atoms with Crippen molar-refractivity contribution in [2.45, 2.75) is 110 Å². The Balaban J connectivity index is 1.25. The molecule has 3 aromatic heterocycles. The first-order valence-electron chi connectivity index (χ1n) is 18.8. The predicted octanol–water partition coefficient (Wildman–Crippen LogP) is 6.60. The van der Waals surface area contributed by atoms with Crippen LogP contribution in [0.15, 0.2) is 55.2 Å². The zero-order chi connectivity index (χ0) is 39.0. The van der Waals surface area contributed by atoms with Gasteiger partial charge in [-0.3, -0.25) is 4.68 Å². The number of aromatic nitrogens is 5. The van der Waals surface area contributed by atoms with Crippen molar-refractivity contribution >= 4 is 29.0 Å². The maximum absolute atomic E-state index is 13.9. The second-order valence-electron chi connectivity index (χ2n) is 16.9. The van der Waals surface area contributed by atoms with Crippen LogP contribution in [0.2, 0.25) is 0 Å². The van der Waals surface area contributed by atoms with Gasteiger partial charge in [-0.2, -0.15) is 5.10 Å². The molecule has 1 aliphatic heterocycles. The molecule has 54 heavy (non-hydrogen) atoms. The standard InChI is InChI=1S/C40H56N8O6/c1-38(2,3)53-36(49)46(19-16-26-14-11-10-12-15-26)17-13-18-47(37(50)54-39(4,5)6)23-27-20-30(33-32(27)51-40(7,8)52-33)48-24-29(28-21-44-45(9)22-28)31-34(41)42-25-43-35(31)48/h10-12,14-15,21-22,24-25,27,30,32-33H,13,16-20,23H2,1-9H3,(H2,41,42,43)/t27-,30-,32-,33+/m1/s1. The smallest absolute Gasteiger partial charge is 0.410 e. The number of nitrogens with zero attached hydrogens (tertiary/aromatic N) is 7. The third-order valence-corrected chi connectivity index (χ3v) is 9.69. The van der Waals surface area contributed by atoms with Gasteiger partial charge in [-0.05, 0) is 80.2 Å². The molecule has 292 valence electrons. The summed E-state index contributed by atoms with van der Waals surface area (Å²) in [7, 11) is 1.87. The Morgan fingerprint density at radius 2 is 1.57 bits per heavy atom. The van der Waals surface area contributed by atoms with Crippen LogP contribution >= 0.6 is 0 Å². The lowest BCUT2D eigenvalue weighted by atomic mass is 10.0. The van der Waals surface area contributed by atoms with E-state index in [4.69, 9.17) is 29.7 Å². The molecule has 14 nitrogen and oxygen atoms in total. The zero-order valence-electron chi connectivity index (χ0n) is 33.1. The number of nitrogen functional groups attached to an aromatic ring is 1. The number of carbonyl (C=O) groups is 2. The first kappa shape index (κ1) is 39.0. The lowest BCUT2D eigenvalue weighted by Crippen LogP contribution is -2.44. The van der Waals surface area contributed by atoms with Crippen molar-refractivity contribution in [1.29, 1.82) is 0 Å². The van der Waals surface area contributed by atoms with Crippen LogP contribution in [-0.2, 0) is 32.4 Å². The summed E-state index contributed by atoms with van der Waals surface area (Å²) >= 11 is 0. The highest BCUT2D eigenvalue weighted by molar-refractivity contribution is 6.00. The van der Waals surface area contributed by atoms with Crippen LogP contribution in [0, 0.1) is 5.92 Å². The van der Waals surface area contributed by atoms with Gasteiger partial charge in [0.25, 0.3) is 0 Å². The van der Waals surface area contributed by atoms with E-state index < -0.39 is 23.1 Å². The van der Waals surface area contributed by atoms with Gasteiger partial charge >= 0.3 is 12.2 Å². The summed E-state index contributed by atoms with van der Waals surface area (Å²) in [6.45, 7) is 16.6. The van der Waals surface area contributed by atoms with E-state index >= 15 is 0 Å². The molecule has 2 N–H and O–H groups in total. The molecular formula is C40H56N8O6. The normalized spacial score (nSPS) is 20.9. The lowest BCUT2D eigenvalue weighted by molar-refractivity contribution is -0.160. The molecule has 0 unspecified atom stereocenters. The minimum absolute atomic E-state index is 0.104. The van der Waals surface area contributed by atoms with Crippen LogP contribution in [0.4, 0.5) is 15.4 Å². The largest absolute Gasteiger partial charge is 0.444 e. The van der Waals surface area contributed by atoms with Crippen LogP contribution in [0.25, 0.3) is 22.2 Å². The van der Waals surface area contributed by atoms with Crippen molar-refractivity contribution in [1.82, 2.24) is 34.1 Å². The molecule has 4 heterocycles. The van der Waals surface area contributed by atoms with Gasteiger partial charge in [0.05, 0.1) is 23.7 Å². The molecular weight excluding hydrogens is 688 g/mol. The molecule has 4 aromatic rings. The van der Waals surface area contributed by atoms with E-state index in [9.17, 15) is 9.59 Å². The van der Waals surface area contributed by atoms with Crippen molar-refractivity contribution in [3.8, 4) is 11.1 Å². The second kappa shape index (κ2) is 15.2. The highest BCUT2D eigenvalue weighted by atomic mass is 16.8. The summed E-state index contributed by atoms with van der Waals surface area (Å²) in [5, 5.41) is 5.13. The molecule has 1 saturated heterocycles. The van der Waals surface area contributed by atoms with Crippen molar-refractivity contribution < 1.29 is 28.5 Å². The molecule has 1 aromatic carbocycles. The van der Waals surface area contributed by atoms with E-state index in [0.717, 1.165) is 22.1 Å². The summed E-state index contributed by atoms with van der Waals surface area (Å²) in [5.41, 5.74) is 8.74. The molecule has 0 radical (unpaired) electrons. The van der Waals surface area contributed by atoms with Crippen LogP contribution in [0.3, 0.4) is 0 Å². The summed E-state index contributed by atoms with van der Waals surface area (Å²) in [5.74, 6) is -0.556. The molecule has 0 spiro atoms. The SMILES string of the molecule is Cn1cc(-c2cn([C@@H]3C[C@H](CN(CCCN(CCc4ccccc4)C(=O)OC(C)(C)C)C(=O)OC(C)(C)C)[C@H]4OC(C)(C)O[C@H]43)c3ncnc(N)c23)cn1. The summed E-state index contributed by atoms with van der Waals surface area (Å²) in [4.78, 5) is 39.7. The summed E-state index contributed by atoms with van der Waals surface area (Å²) in [6.07, 6.45) is 7.70. The van der Waals surface area contributed by atoms with E-state index in [1.807, 2.05) is 99.0 Å². The molecule has 6 rings (SSSR count). The summed E-state index contributed by atoms with van der Waals surface area (Å²) < 4.78 is 28.8. The number of fused-ring (bicyclic) bond motifs is 2. The van der Waals surface area contributed by atoms with Gasteiger partial charge in [-0.25, -0.2) is 19.6 Å². The van der Waals surface area contributed by atoms with Crippen LogP contribution in [0.5, 0.6) is 0 Å². The number of nitrogens with two attached hydrogens (primary N) is 1. The molecule has 1 saturated carbocycles. The number of aryl methyl sites for hydroxylation is 1. The minimum Gasteiger partial charge on any atom is -0.444 e. The van der Waals surface area contributed by atoms with Crippen molar-refractivity contribution in [3.05, 3.63) is 60.8 Å². The van der Waals surface area contributed by atoms with E-state index in [1.165, 1.54) is 6.33 Å². The number of amides is 2. The van der Waals surface area contributed by atoms with Gasteiger partial charge in [0.1, 0.15) is 35.1 Å². The van der Waals surface area contributed by atoms with Crippen molar-refractivity contribution in [2.75, 3.05) is 31.9 Å². The third kappa shape index (κ3) is 9.15. The number of carbonyl (C=O) groups excluding carboxylic acids is 2. The van der Waals surface area contributed by atoms with Crippen molar-refractivity contribution in [2.24, 2.45) is 13.0 Å². The zero-order valence-corrected chi connectivity index (χ0v) is 33.1. The molecule has 2 amide bonds. The fraction of sp³-hybridized carbons (Fsp3) is 0.575. The van der Waals surface area contributed by atoms with Gasteiger partial charge in [0, 0.05) is 62.7 Å². The molecule has 14 heteroatoms. The van der Waals surface area contributed by atoms with Crippen LogP contribution < -0.4 is 5.73 Å². The number of hydrogen-bond donors (Lipinski definition) is 1. The molecule has 2 fully saturated rings. The number of benzene rings is 1. The number of ether oxygens (including phenoxy) is 4. The van der Waals surface area contributed by atoms with E-state index in [2.05, 4.69) is 20.8 Å². The topological polar surface area (TPSA) is 152 Å². The molecule has 0 bridgehead atoms. The van der Waals surface area contributed by atoms with Gasteiger partial charge in [-0.15, -0.1) is 0 Å². The molecule has 1 aliphatic carbocycles.